The molecular weight excluding hydrogens is 292 g/mol. The van der Waals surface area contributed by atoms with Crippen LogP contribution in [0.4, 0.5) is 5.82 Å². The summed E-state index contributed by atoms with van der Waals surface area (Å²) in [6.07, 6.45) is 3.85. The Hall–Kier alpha value is -1.20. The number of hydrogen-bond donors (Lipinski definition) is 2. The van der Waals surface area contributed by atoms with Crippen molar-refractivity contribution in [3.63, 3.8) is 0 Å². The second-order valence-electron chi connectivity index (χ2n) is 7.83. The van der Waals surface area contributed by atoms with Crippen LogP contribution in [-0.2, 0) is 0 Å². The monoisotopic (exact) mass is 318 g/mol. The van der Waals surface area contributed by atoms with Crippen LogP contribution in [0.25, 0.3) is 10.2 Å². The molecule has 0 saturated carbocycles. The van der Waals surface area contributed by atoms with E-state index in [0.717, 1.165) is 23.5 Å². The SMILES string of the molecule is Cc1sc2ncnc(NC3CC(C)(C)NC(C)(C)C3)c2c1C. The minimum absolute atomic E-state index is 0.130. The lowest BCUT2D eigenvalue weighted by Crippen LogP contribution is -2.60. The van der Waals surface area contributed by atoms with Crippen LogP contribution < -0.4 is 10.6 Å². The number of anilines is 1. The molecule has 3 rings (SSSR count). The van der Waals surface area contributed by atoms with Gasteiger partial charge in [0.25, 0.3) is 0 Å². The highest BCUT2D eigenvalue weighted by Gasteiger charge is 2.37. The maximum absolute atomic E-state index is 4.53. The summed E-state index contributed by atoms with van der Waals surface area (Å²) in [5.74, 6) is 0.991. The van der Waals surface area contributed by atoms with E-state index >= 15 is 0 Å². The minimum Gasteiger partial charge on any atom is -0.367 e. The van der Waals surface area contributed by atoms with Crippen molar-refractivity contribution in [3.8, 4) is 0 Å². The Kier molecular flexibility index (Phi) is 3.68. The smallest absolute Gasteiger partial charge is 0.138 e. The van der Waals surface area contributed by atoms with E-state index in [-0.39, 0.29) is 11.1 Å². The van der Waals surface area contributed by atoms with E-state index in [4.69, 9.17) is 0 Å². The number of piperidine rings is 1. The number of fused-ring (bicyclic) bond motifs is 1. The van der Waals surface area contributed by atoms with E-state index in [1.165, 1.54) is 15.8 Å². The van der Waals surface area contributed by atoms with Gasteiger partial charge >= 0.3 is 0 Å². The van der Waals surface area contributed by atoms with Gasteiger partial charge in [0, 0.05) is 22.0 Å². The van der Waals surface area contributed by atoms with Gasteiger partial charge in [0.05, 0.1) is 5.39 Å². The van der Waals surface area contributed by atoms with Crippen molar-refractivity contribution >= 4 is 27.4 Å². The molecule has 0 unspecified atom stereocenters. The summed E-state index contributed by atoms with van der Waals surface area (Å²) in [6, 6.07) is 0.420. The van der Waals surface area contributed by atoms with Crippen LogP contribution in [-0.4, -0.2) is 27.1 Å². The van der Waals surface area contributed by atoms with Gasteiger partial charge in [-0.1, -0.05) is 0 Å². The number of hydrogen-bond acceptors (Lipinski definition) is 5. The van der Waals surface area contributed by atoms with Gasteiger partial charge in [-0.25, -0.2) is 9.97 Å². The molecule has 5 heteroatoms. The van der Waals surface area contributed by atoms with E-state index in [1.54, 1.807) is 17.7 Å². The van der Waals surface area contributed by atoms with Gasteiger partial charge < -0.3 is 10.6 Å². The van der Waals surface area contributed by atoms with Gasteiger partial charge in [-0.15, -0.1) is 11.3 Å². The number of aryl methyl sites for hydroxylation is 2. The largest absolute Gasteiger partial charge is 0.367 e. The highest BCUT2D eigenvalue weighted by molar-refractivity contribution is 7.18. The van der Waals surface area contributed by atoms with E-state index in [1.807, 2.05) is 0 Å². The number of aromatic nitrogens is 2. The topological polar surface area (TPSA) is 49.8 Å². The molecule has 0 radical (unpaired) electrons. The van der Waals surface area contributed by atoms with E-state index < -0.39 is 0 Å². The molecule has 2 N–H and O–H groups in total. The highest BCUT2D eigenvalue weighted by Crippen LogP contribution is 2.35. The molecule has 1 fully saturated rings. The molecule has 0 amide bonds. The van der Waals surface area contributed by atoms with Crippen LogP contribution in [0.2, 0.25) is 0 Å². The minimum atomic E-state index is 0.130. The average molecular weight is 318 g/mol. The first-order chi connectivity index (χ1) is 10.2. The lowest BCUT2D eigenvalue weighted by Gasteiger charge is -2.46. The molecule has 1 saturated heterocycles. The number of thiophene rings is 1. The van der Waals surface area contributed by atoms with Crippen molar-refractivity contribution in [2.75, 3.05) is 5.32 Å². The quantitative estimate of drug-likeness (QED) is 0.878. The third kappa shape index (κ3) is 2.97. The summed E-state index contributed by atoms with van der Waals surface area (Å²) in [5, 5.41) is 8.63. The van der Waals surface area contributed by atoms with E-state index in [0.29, 0.717) is 6.04 Å². The lowest BCUT2D eigenvalue weighted by atomic mass is 9.79. The van der Waals surface area contributed by atoms with Crippen molar-refractivity contribution in [2.45, 2.75) is 71.5 Å². The first-order valence-electron chi connectivity index (χ1n) is 7.93. The molecule has 0 atom stereocenters. The maximum Gasteiger partial charge on any atom is 0.138 e. The van der Waals surface area contributed by atoms with Gasteiger partial charge in [0.1, 0.15) is 17.0 Å². The number of rotatable bonds is 2. The van der Waals surface area contributed by atoms with Crippen LogP contribution in [0.5, 0.6) is 0 Å². The lowest BCUT2D eigenvalue weighted by molar-refractivity contribution is 0.170. The third-order valence-corrected chi connectivity index (χ3v) is 5.61. The Bertz CT molecular complexity index is 686. The van der Waals surface area contributed by atoms with Gasteiger partial charge in [0.15, 0.2) is 0 Å². The Balaban J connectivity index is 1.93. The Labute approximate surface area is 136 Å². The molecule has 2 aromatic heterocycles. The molecule has 0 aliphatic carbocycles. The predicted molar refractivity (Wildman–Crippen MR) is 94.8 cm³/mol. The van der Waals surface area contributed by atoms with Crippen molar-refractivity contribution in [1.82, 2.24) is 15.3 Å². The van der Waals surface area contributed by atoms with Crippen molar-refractivity contribution in [3.05, 3.63) is 16.8 Å². The summed E-state index contributed by atoms with van der Waals surface area (Å²) in [6.45, 7) is 13.4. The first kappa shape index (κ1) is 15.7. The Morgan fingerprint density at radius 1 is 1.14 bits per heavy atom. The molecular formula is C17H26N4S. The molecule has 120 valence electrons. The number of nitrogens with zero attached hydrogens (tertiary/aromatic N) is 2. The standard InChI is InChI=1S/C17H26N4S/c1-10-11(2)22-15-13(10)14(18-9-19-15)20-12-7-16(3,4)21-17(5,6)8-12/h9,12,21H,7-8H2,1-6H3,(H,18,19,20). The molecule has 0 bridgehead atoms. The Morgan fingerprint density at radius 3 is 2.41 bits per heavy atom. The zero-order valence-electron chi connectivity index (χ0n) is 14.4. The normalized spacial score (nSPS) is 21.2. The van der Waals surface area contributed by atoms with Gasteiger partial charge in [-0.05, 0) is 59.9 Å². The van der Waals surface area contributed by atoms with Crippen LogP contribution in [0.1, 0.15) is 51.0 Å². The third-order valence-electron chi connectivity index (χ3n) is 4.50. The van der Waals surface area contributed by atoms with Gasteiger partial charge in [-0.2, -0.15) is 0 Å². The fourth-order valence-electron chi connectivity index (χ4n) is 3.91. The van der Waals surface area contributed by atoms with Crippen LogP contribution in [0, 0.1) is 13.8 Å². The summed E-state index contributed by atoms with van der Waals surface area (Å²) >= 11 is 1.75. The van der Waals surface area contributed by atoms with Gasteiger partial charge in [-0.3, -0.25) is 0 Å². The zero-order valence-corrected chi connectivity index (χ0v) is 15.2. The summed E-state index contributed by atoms with van der Waals surface area (Å²) < 4.78 is 0. The van der Waals surface area contributed by atoms with Crippen LogP contribution in [0.3, 0.4) is 0 Å². The maximum atomic E-state index is 4.53. The summed E-state index contributed by atoms with van der Waals surface area (Å²) in [7, 11) is 0. The van der Waals surface area contributed by atoms with E-state index in [9.17, 15) is 0 Å². The average Bonchev–Trinajstić information content (AvgIpc) is 2.62. The van der Waals surface area contributed by atoms with E-state index in [2.05, 4.69) is 62.1 Å². The molecule has 1 aliphatic rings. The van der Waals surface area contributed by atoms with Crippen molar-refractivity contribution in [2.24, 2.45) is 0 Å². The second-order valence-corrected chi connectivity index (χ2v) is 9.03. The predicted octanol–water partition coefficient (Wildman–Crippen LogP) is 4.03. The summed E-state index contributed by atoms with van der Waals surface area (Å²) in [5.41, 5.74) is 1.56. The van der Waals surface area contributed by atoms with Crippen LogP contribution in [0.15, 0.2) is 6.33 Å². The first-order valence-corrected chi connectivity index (χ1v) is 8.75. The fourth-order valence-corrected chi connectivity index (χ4v) is 4.91. The van der Waals surface area contributed by atoms with Gasteiger partial charge in [0.2, 0.25) is 0 Å². The van der Waals surface area contributed by atoms with Crippen LogP contribution >= 0.6 is 11.3 Å². The fraction of sp³-hybridized carbons (Fsp3) is 0.647. The van der Waals surface area contributed by atoms with Crippen molar-refractivity contribution < 1.29 is 0 Å². The molecule has 0 spiro atoms. The summed E-state index contributed by atoms with van der Waals surface area (Å²) in [4.78, 5) is 11.4. The molecule has 22 heavy (non-hydrogen) atoms. The van der Waals surface area contributed by atoms with Crippen molar-refractivity contribution in [1.29, 1.82) is 0 Å². The zero-order chi connectivity index (χ0) is 16.1. The molecule has 4 nitrogen and oxygen atoms in total. The highest BCUT2D eigenvalue weighted by atomic mass is 32.1. The molecule has 3 heterocycles. The molecule has 0 aromatic carbocycles. The molecule has 1 aliphatic heterocycles. The Morgan fingerprint density at radius 2 is 1.77 bits per heavy atom. The molecule has 2 aromatic rings. The second kappa shape index (κ2) is 5.17. The number of nitrogens with one attached hydrogen (secondary N) is 2.